The van der Waals surface area contributed by atoms with Crippen molar-refractivity contribution in [2.75, 3.05) is 11.9 Å². The standard InChI is InChI=1S/C24H21F2N4O2S2/c1-4-30-19(12-16-7-5-6-10-29(16)13-15-11-14(2)32-27-15)33-22(23(30)31)24-28(3)18-9-8-17(25)20(26)21(18)34-24/h5-12H,4,13H2,1-3H3/q+1/b24-22+. The van der Waals surface area contributed by atoms with Crippen LogP contribution in [0.1, 0.15) is 24.1 Å². The number of pyridine rings is 1. The molecule has 5 rings (SSSR count). The molecule has 1 aromatic carbocycles. The number of benzene rings is 1. The predicted octanol–water partition coefficient (Wildman–Crippen LogP) is 2.98. The van der Waals surface area contributed by atoms with Crippen molar-refractivity contribution in [3.05, 3.63) is 90.9 Å². The Morgan fingerprint density at radius 2 is 2.06 bits per heavy atom. The highest BCUT2D eigenvalue weighted by atomic mass is 32.2. The minimum Gasteiger partial charge on any atom is -0.361 e. The smallest absolute Gasteiger partial charge is 0.271 e. The van der Waals surface area contributed by atoms with Gasteiger partial charge < -0.3 is 9.42 Å². The summed E-state index contributed by atoms with van der Waals surface area (Å²) in [6, 6.07) is 10.4. The van der Waals surface area contributed by atoms with Gasteiger partial charge in [0.15, 0.2) is 24.4 Å². The summed E-state index contributed by atoms with van der Waals surface area (Å²) < 4.78 is 38.3. The van der Waals surface area contributed by atoms with Gasteiger partial charge in [-0.2, -0.15) is 4.57 Å². The van der Waals surface area contributed by atoms with E-state index in [4.69, 9.17) is 4.52 Å². The molecule has 1 aliphatic heterocycles. The van der Waals surface area contributed by atoms with Gasteiger partial charge in [0.1, 0.15) is 25.7 Å². The molecule has 4 heterocycles. The summed E-state index contributed by atoms with van der Waals surface area (Å²) in [7, 11) is 1.76. The van der Waals surface area contributed by atoms with Gasteiger partial charge in [-0.05, 0) is 32.0 Å². The predicted molar refractivity (Wildman–Crippen MR) is 128 cm³/mol. The summed E-state index contributed by atoms with van der Waals surface area (Å²) in [6.45, 7) is 4.76. The Kier molecular flexibility index (Phi) is 5.86. The fourth-order valence-corrected chi connectivity index (χ4v) is 6.37. The second-order valence-corrected chi connectivity index (χ2v) is 9.85. The van der Waals surface area contributed by atoms with Crippen LogP contribution in [0.2, 0.25) is 0 Å². The maximum absolute atomic E-state index is 14.4. The maximum Gasteiger partial charge on any atom is 0.271 e. The molecule has 6 nitrogen and oxygen atoms in total. The molecule has 174 valence electrons. The van der Waals surface area contributed by atoms with E-state index >= 15 is 0 Å². The normalized spacial score (nSPS) is 15.3. The molecular weight excluding hydrogens is 478 g/mol. The minimum absolute atomic E-state index is 0.156. The lowest BCUT2D eigenvalue weighted by Crippen LogP contribution is -2.38. The molecule has 0 saturated heterocycles. The molecule has 0 fully saturated rings. The number of hydrogen-bond donors (Lipinski definition) is 0. The fourth-order valence-electron chi connectivity index (χ4n) is 3.88. The van der Waals surface area contributed by atoms with Crippen molar-refractivity contribution in [1.29, 1.82) is 0 Å². The highest BCUT2D eigenvalue weighted by Crippen LogP contribution is 2.47. The Morgan fingerprint density at radius 1 is 1.24 bits per heavy atom. The first-order valence-electron chi connectivity index (χ1n) is 10.6. The first-order valence-corrected chi connectivity index (χ1v) is 12.3. The van der Waals surface area contributed by atoms with Crippen LogP contribution in [0.4, 0.5) is 14.5 Å². The van der Waals surface area contributed by atoms with Crippen molar-refractivity contribution in [3.63, 3.8) is 0 Å². The van der Waals surface area contributed by atoms with Crippen molar-refractivity contribution >= 4 is 39.9 Å². The molecule has 0 unspecified atom stereocenters. The number of rotatable bonds is 4. The molecular formula is C24H21F2N4O2S2+. The second-order valence-electron chi connectivity index (χ2n) is 7.82. The molecule has 0 radical (unpaired) electrons. The van der Waals surface area contributed by atoms with Crippen LogP contribution in [-0.4, -0.2) is 16.8 Å². The number of thiazole rings is 1. The SMILES string of the molecule is CCn1c(=O)/c(=C2\Sc3c(ccc(F)c3F)N2C)s/c1=C\c1cccc[n+]1Cc1cc(C)on1. The van der Waals surface area contributed by atoms with E-state index in [1.807, 2.05) is 55.0 Å². The molecule has 0 saturated carbocycles. The van der Waals surface area contributed by atoms with Crippen LogP contribution in [0.25, 0.3) is 11.1 Å². The second kappa shape index (κ2) is 8.84. The van der Waals surface area contributed by atoms with Gasteiger partial charge in [0.05, 0.1) is 10.6 Å². The van der Waals surface area contributed by atoms with Crippen molar-refractivity contribution in [2.45, 2.75) is 31.8 Å². The lowest BCUT2D eigenvalue weighted by Gasteiger charge is -2.12. The number of halogens is 2. The molecule has 0 spiro atoms. The van der Waals surface area contributed by atoms with E-state index in [-0.39, 0.29) is 10.5 Å². The van der Waals surface area contributed by atoms with E-state index < -0.39 is 11.6 Å². The Hall–Kier alpha value is -3.24. The first kappa shape index (κ1) is 22.5. The Morgan fingerprint density at radius 3 is 2.79 bits per heavy atom. The van der Waals surface area contributed by atoms with Crippen LogP contribution in [0.15, 0.2) is 56.8 Å². The lowest BCUT2D eigenvalue weighted by molar-refractivity contribution is -0.690. The van der Waals surface area contributed by atoms with Gasteiger partial charge in [0.25, 0.3) is 5.56 Å². The summed E-state index contributed by atoms with van der Waals surface area (Å²) in [5, 5.41) is 4.67. The molecule has 0 atom stereocenters. The van der Waals surface area contributed by atoms with Crippen LogP contribution in [0.3, 0.4) is 0 Å². The molecule has 4 aromatic rings. The number of aryl methyl sites for hydroxylation is 1. The third-order valence-electron chi connectivity index (χ3n) is 5.57. The minimum atomic E-state index is -0.900. The number of aromatic nitrogens is 3. The Bertz CT molecular complexity index is 1590. The molecule has 0 N–H and O–H groups in total. The third-order valence-corrected chi connectivity index (χ3v) is 8.09. The lowest BCUT2D eigenvalue weighted by atomic mass is 10.3. The maximum atomic E-state index is 14.4. The summed E-state index contributed by atoms with van der Waals surface area (Å²) in [6.07, 6.45) is 3.90. The summed E-state index contributed by atoms with van der Waals surface area (Å²) in [5.41, 5.74) is 2.09. The molecule has 0 aliphatic carbocycles. The first-order chi connectivity index (χ1) is 16.4. The number of anilines is 1. The van der Waals surface area contributed by atoms with Crippen molar-refractivity contribution in [3.8, 4) is 0 Å². The van der Waals surface area contributed by atoms with Crippen LogP contribution in [0, 0.1) is 18.6 Å². The van der Waals surface area contributed by atoms with Gasteiger partial charge in [0, 0.05) is 37.9 Å². The Labute approximate surface area is 202 Å². The highest BCUT2D eigenvalue weighted by Gasteiger charge is 2.29. The highest BCUT2D eigenvalue weighted by molar-refractivity contribution is 8.08. The number of nitrogens with zero attached hydrogens (tertiary/aromatic N) is 4. The summed E-state index contributed by atoms with van der Waals surface area (Å²) >= 11 is 2.42. The van der Waals surface area contributed by atoms with Gasteiger partial charge in [-0.1, -0.05) is 16.9 Å². The Balaban J connectivity index is 1.64. The fraction of sp³-hybridized carbons (Fsp3) is 0.208. The average molecular weight is 500 g/mol. The molecule has 3 aromatic heterocycles. The van der Waals surface area contributed by atoms with E-state index in [1.54, 1.807) is 16.5 Å². The van der Waals surface area contributed by atoms with Gasteiger partial charge in [-0.25, -0.2) is 8.78 Å². The largest absolute Gasteiger partial charge is 0.361 e. The zero-order valence-corrected chi connectivity index (χ0v) is 20.3. The number of fused-ring (bicyclic) bond motifs is 1. The van der Waals surface area contributed by atoms with E-state index in [2.05, 4.69) is 5.16 Å². The van der Waals surface area contributed by atoms with Gasteiger partial charge in [0.2, 0.25) is 5.69 Å². The number of thioether (sulfide) groups is 1. The molecule has 0 bridgehead atoms. The summed E-state index contributed by atoms with van der Waals surface area (Å²) in [5.74, 6) is -1.05. The van der Waals surface area contributed by atoms with Crippen LogP contribution >= 0.6 is 23.1 Å². The average Bonchev–Trinajstić information content (AvgIpc) is 3.47. The van der Waals surface area contributed by atoms with Crippen LogP contribution < -0.4 is 24.2 Å². The van der Waals surface area contributed by atoms with Crippen molar-refractivity contribution in [2.24, 2.45) is 0 Å². The van der Waals surface area contributed by atoms with Gasteiger partial charge in [-0.3, -0.25) is 9.36 Å². The van der Waals surface area contributed by atoms with Gasteiger partial charge in [-0.15, -0.1) is 11.3 Å². The zero-order chi connectivity index (χ0) is 24.0. The van der Waals surface area contributed by atoms with E-state index in [0.29, 0.717) is 28.3 Å². The number of hydrogen-bond acceptors (Lipinski definition) is 6. The third kappa shape index (κ3) is 3.86. The summed E-state index contributed by atoms with van der Waals surface area (Å²) in [4.78, 5) is 15.3. The van der Waals surface area contributed by atoms with Crippen LogP contribution in [-0.2, 0) is 13.1 Å². The van der Waals surface area contributed by atoms with Crippen LogP contribution in [0.5, 0.6) is 0 Å². The quantitative estimate of drug-likeness (QED) is 0.404. The van der Waals surface area contributed by atoms with E-state index in [9.17, 15) is 13.6 Å². The molecule has 1 aliphatic rings. The van der Waals surface area contributed by atoms with Crippen molar-refractivity contribution < 1.29 is 17.9 Å². The topological polar surface area (TPSA) is 55.2 Å². The van der Waals surface area contributed by atoms with Gasteiger partial charge >= 0.3 is 0 Å². The molecule has 10 heteroatoms. The monoisotopic (exact) mass is 499 g/mol. The molecule has 34 heavy (non-hydrogen) atoms. The molecule has 0 amide bonds. The zero-order valence-electron chi connectivity index (χ0n) is 18.7. The van der Waals surface area contributed by atoms with E-state index in [1.165, 1.54) is 17.4 Å². The van der Waals surface area contributed by atoms with E-state index in [0.717, 1.165) is 39.6 Å². The van der Waals surface area contributed by atoms with Crippen molar-refractivity contribution in [1.82, 2.24) is 9.72 Å².